The van der Waals surface area contributed by atoms with E-state index in [2.05, 4.69) is 78.1 Å². The first-order valence-corrected chi connectivity index (χ1v) is 9.33. The fraction of sp³-hybridized carbons (Fsp3) is 0.250. The van der Waals surface area contributed by atoms with E-state index in [1.54, 1.807) is 11.8 Å². The zero-order valence-corrected chi connectivity index (χ0v) is 15.2. The molecule has 24 heavy (non-hydrogen) atoms. The van der Waals surface area contributed by atoms with Crippen LogP contribution in [0.25, 0.3) is 11.3 Å². The van der Waals surface area contributed by atoms with E-state index in [1.807, 2.05) is 6.20 Å². The maximum Gasteiger partial charge on any atom is 0.0695 e. The van der Waals surface area contributed by atoms with E-state index in [0.717, 1.165) is 18.8 Å². The summed E-state index contributed by atoms with van der Waals surface area (Å²) in [6, 6.07) is 15.2. The van der Waals surface area contributed by atoms with Crippen molar-refractivity contribution < 1.29 is 0 Å². The Hall–Kier alpha value is -2.04. The first-order valence-electron chi connectivity index (χ1n) is 8.11. The summed E-state index contributed by atoms with van der Waals surface area (Å²) in [5.74, 6) is 0. The Morgan fingerprint density at radius 1 is 1.04 bits per heavy atom. The molecule has 1 aromatic heterocycles. The normalized spacial score (nSPS) is 11.0. The van der Waals surface area contributed by atoms with Crippen LogP contribution in [0.2, 0.25) is 0 Å². The average Bonchev–Trinajstić information content (AvgIpc) is 3.06. The number of hydrogen-bond acceptors (Lipinski definition) is 3. The first-order chi connectivity index (χ1) is 11.7. The lowest BCUT2D eigenvalue weighted by Crippen LogP contribution is -2.12. The van der Waals surface area contributed by atoms with Crippen LogP contribution in [0.3, 0.4) is 0 Å². The Labute approximate surface area is 147 Å². The van der Waals surface area contributed by atoms with Crippen molar-refractivity contribution in [2.24, 2.45) is 0 Å². The lowest BCUT2D eigenvalue weighted by atomic mass is 10.0. The summed E-state index contributed by atoms with van der Waals surface area (Å²) in [6.07, 6.45) is 4.02. The van der Waals surface area contributed by atoms with E-state index >= 15 is 0 Å². The summed E-state index contributed by atoms with van der Waals surface area (Å²) in [5, 5.41) is 10.9. The lowest BCUT2D eigenvalue weighted by Gasteiger charge is -2.08. The number of nitrogens with one attached hydrogen (secondary N) is 2. The van der Waals surface area contributed by atoms with Gasteiger partial charge in [-0.25, -0.2) is 0 Å². The van der Waals surface area contributed by atoms with Crippen LogP contribution in [0.15, 0.2) is 53.6 Å². The van der Waals surface area contributed by atoms with Gasteiger partial charge in [0.25, 0.3) is 0 Å². The fourth-order valence-electron chi connectivity index (χ4n) is 2.72. The van der Waals surface area contributed by atoms with Crippen LogP contribution >= 0.6 is 11.8 Å². The molecule has 0 saturated heterocycles. The topological polar surface area (TPSA) is 40.7 Å². The Kier molecular flexibility index (Phi) is 5.38. The van der Waals surface area contributed by atoms with Crippen molar-refractivity contribution >= 4 is 11.8 Å². The van der Waals surface area contributed by atoms with Gasteiger partial charge in [-0.3, -0.25) is 5.10 Å². The molecule has 0 saturated carbocycles. The standard InChI is InChI=1S/C20H23N3S/c1-14-7-8-17(9-15(14)2)20-18(13-22-23-20)12-21-11-16-5-4-6-19(10-16)24-3/h4-10,13,21H,11-12H2,1-3H3,(H,22,23). The highest BCUT2D eigenvalue weighted by atomic mass is 32.2. The van der Waals surface area contributed by atoms with Gasteiger partial charge in [-0.2, -0.15) is 5.10 Å². The van der Waals surface area contributed by atoms with E-state index in [4.69, 9.17) is 0 Å². The smallest absolute Gasteiger partial charge is 0.0695 e. The minimum absolute atomic E-state index is 0.794. The number of nitrogens with zero attached hydrogens (tertiary/aromatic N) is 1. The zero-order valence-electron chi connectivity index (χ0n) is 14.4. The molecule has 0 radical (unpaired) electrons. The molecule has 2 aromatic carbocycles. The third-order valence-electron chi connectivity index (χ3n) is 4.29. The number of aromatic amines is 1. The van der Waals surface area contributed by atoms with E-state index < -0.39 is 0 Å². The van der Waals surface area contributed by atoms with Gasteiger partial charge in [0.05, 0.1) is 11.9 Å². The molecule has 0 aliphatic rings. The van der Waals surface area contributed by atoms with Crippen LogP contribution < -0.4 is 5.32 Å². The van der Waals surface area contributed by atoms with Gasteiger partial charge in [-0.1, -0.05) is 24.3 Å². The number of benzene rings is 2. The van der Waals surface area contributed by atoms with Crippen LogP contribution in [-0.2, 0) is 13.1 Å². The third-order valence-corrected chi connectivity index (χ3v) is 5.02. The van der Waals surface area contributed by atoms with E-state index in [-0.39, 0.29) is 0 Å². The van der Waals surface area contributed by atoms with Crippen molar-refractivity contribution in [1.82, 2.24) is 15.5 Å². The van der Waals surface area contributed by atoms with Crippen molar-refractivity contribution in [2.45, 2.75) is 31.8 Å². The van der Waals surface area contributed by atoms with Gasteiger partial charge in [0.15, 0.2) is 0 Å². The highest BCUT2D eigenvalue weighted by Gasteiger charge is 2.08. The number of aromatic nitrogens is 2. The maximum atomic E-state index is 4.24. The van der Waals surface area contributed by atoms with Gasteiger partial charge >= 0.3 is 0 Å². The Morgan fingerprint density at radius 2 is 1.92 bits per heavy atom. The molecule has 124 valence electrons. The van der Waals surface area contributed by atoms with Crippen molar-refractivity contribution in [3.05, 3.63) is 70.9 Å². The molecule has 0 atom stereocenters. The van der Waals surface area contributed by atoms with E-state index in [9.17, 15) is 0 Å². The first kappa shape index (κ1) is 16.8. The molecular weight excluding hydrogens is 314 g/mol. The molecule has 0 fully saturated rings. The summed E-state index contributed by atoms with van der Waals surface area (Å²) in [7, 11) is 0. The van der Waals surface area contributed by atoms with Gasteiger partial charge in [0, 0.05) is 29.1 Å². The van der Waals surface area contributed by atoms with Crippen molar-refractivity contribution in [3.8, 4) is 11.3 Å². The summed E-state index contributed by atoms with van der Waals surface area (Å²) in [5.41, 5.74) is 7.40. The predicted octanol–water partition coefficient (Wildman–Crippen LogP) is 4.71. The minimum atomic E-state index is 0.794. The Morgan fingerprint density at radius 3 is 2.71 bits per heavy atom. The molecule has 0 aliphatic heterocycles. The molecule has 3 rings (SSSR count). The second kappa shape index (κ2) is 7.69. The number of aryl methyl sites for hydroxylation is 2. The molecule has 1 heterocycles. The van der Waals surface area contributed by atoms with Crippen LogP contribution in [0.4, 0.5) is 0 Å². The highest BCUT2D eigenvalue weighted by Crippen LogP contribution is 2.23. The van der Waals surface area contributed by atoms with Crippen LogP contribution in [0.1, 0.15) is 22.3 Å². The van der Waals surface area contributed by atoms with Gasteiger partial charge in [0.1, 0.15) is 0 Å². The molecule has 3 aromatic rings. The largest absolute Gasteiger partial charge is 0.308 e. The number of hydrogen-bond donors (Lipinski definition) is 2. The van der Waals surface area contributed by atoms with Crippen LogP contribution in [-0.4, -0.2) is 16.5 Å². The average molecular weight is 337 g/mol. The molecule has 4 heteroatoms. The number of H-pyrrole nitrogens is 1. The van der Waals surface area contributed by atoms with Crippen LogP contribution in [0, 0.1) is 13.8 Å². The molecule has 3 nitrogen and oxygen atoms in total. The second-order valence-corrected chi connectivity index (χ2v) is 6.90. The molecule has 0 bridgehead atoms. The SMILES string of the molecule is CSc1cccc(CNCc2cn[nH]c2-c2ccc(C)c(C)c2)c1. The van der Waals surface area contributed by atoms with Crippen LogP contribution in [0.5, 0.6) is 0 Å². The van der Waals surface area contributed by atoms with Crippen molar-refractivity contribution in [3.63, 3.8) is 0 Å². The lowest BCUT2D eigenvalue weighted by molar-refractivity contribution is 0.693. The predicted molar refractivity (Wildman–Crippen MR) is 102 cm³/mol. The zero-order chi connectivity index (χ0) is 16.9. The molecule has 0 spiro atoms. The number of rotatable bonds is 6. The molecule has 0 amide bonds. The van der Waals surface area contributed by atoms with Gasteiger partial charge in [0.2, 0.25) is 0 Å². The second-order valence-electron chi connectivity index (χ2n) is 6.02. The van der Waals surface area contributed by atoms with Gasteiger partial charge in [-0.15, -0.1) is 11.8 Å². The van der Waals surface area contributed by atoms with Crippen molar-refractivity contribution in [1.29, 1.82) is 0 Å². The van der Waals surface area contributed by atoms with Gasteiger partial charge < -0.3 is 5.32 Å². The molecule has 0 aliphatic carbocycles. The molecular formula is C20H23N3S. The summed E-state index contributed by atoms with van der Waals surface area (Å²) in [6.45, 7) is 5.93. The summed E-state index contributed by atoms with van der Waals surface area (Å²) < 4.78 is 0. The van der Waals surface area contributed by atoms with Crippen molar-refractivity contribution in [2.75, 3.05) is 6.26 Å². The van der Waals surface area contributed by atoms with E-state index in [0.29, 0.717) is 0 Å². The summed E-state index contributed by atoms with van der Waals surface area (Å²) >= 11 is 1.77. The number of thioether (sulfide) groups is 1. The maximum absolute atomic E-state index is 4.24. The summed E-state index contributed by atoms with van der Waals surface area (Å²) in [4.78, 5) is 1.30. The third kappa shape index (κ3) is 3.89. The van der Waals surface area contributed by atoms with E-state index in [1.165, 1.54) is 32.7 Å². The monoisotopic (exact) mass is 337 g/mol. The fourth-order valence-corrected chi connectivity index (χ4v) is 3.20. The Balaban J connectivity index is 1.68. The molecule has 2 N–H and O–H groups in total. The quantitative estimate of drug-likeness (QED) is 0.640. The highest BCUT2D eigenvalue weighted by molar-refractivity contribution is 7.98. The minimum Gasteiger partial charge on any atom is -0.308 e. The van der Waals surface area contributed by atoms with Gasteiger partial charge in [-0.05, 0) is 55.0 Å². The Bertz CT molecular complexity index is 823. The molecule has 0 unspecified atom stereocenters.